The van der Waals surface area contributed by atoms with Crippen molar-refractivity contribution in [2.45, 2.75) is 6.92 Å². The number of nitrogens with zero attached hydrogens (tertiary/aromatic N) is 1. The van der Waals surface area contributed by atoms with Crippen molar-refractivity contribution >= 4 is 51.6 Å². The number of likely N-dealkylation sites (N-methyl/N-ethyl adjacent to an activating group) is 1. The van der Waals surface area contributed by atoms with Crippen molar-refractivity contribution in [1.29, 1.82) is 0 Å². The molecule has 2 nitrogen and oxygen atoms in total. The van der Waals surface area contributed by atoms with Crippen LogP contribution in [0.5, 0.6) is 0 Å². The molecule has 0 aliphatic carbocycles. The molecule has 0 atom stereocenters. The van der Waals surface area contributed by atoms with Gasteiger partial charge in [0.1, 0.15) is 10.1 Å². The van der Waals surface area contributed by atoms with E-state index in [0.29, 0.717) is 15.8 Å². The molecule has 1 aromatic heterocycles. The Bertz CT molecular complexity index is 764. The van der Waals surface area contributed by atoms with Gasteiger partial charge in [-0.05, 0) is 42.8 Å². The molecule has 3 rings (SSSR count). The highest BCUT2D eigenvalue weighted by Crippen LogP contribution is 2.35. The highest BCUT2D eigenvalue weighted by molar-refractivity contribution is 8.26. The van der Waals surface area contributed by atoms with Gasteiger partial charge in [-0.1, -0.05) is 36.1 Å². The molecule has 1 amide bonds. The molecule has 0 spiro atoms. The second-order valence-corrected chi connectivity index (χ2v) is 7.43. The number of thioether (sulfide) groups is 1. The van der Waals surface area contributed by atoms with E-state index in [-0.39, 0.29) is 11.7 Å². The molecule has 22 heavy (non-hydrogen) atoms. The number of rotatable bonds is 3. The molecule has 1 saturated heterocycles. The van der Waals surface area contributed by atoms with Gasteiger partial charge in [0.15, 0.2) is 0 Å². The topological polar surface area (TPSA) is 20.3 Å². The van der Waals surface area contributed by atoms with E-state index in [1.807, 2.05) is 25.1 Å². The average molecular weight is 349 g/mol. The maximum absolute atomic E-state index is 13.0. The van der Waals surface area contributed by atoms with Gasteiger partial charge in [0.05, 0.1) is 4.91 Å². The Kier molecular flexibility index (Phi) is 4.42. The summed E-state index contributed by atoms with van der Waals surface area (Å²) in [4.78, 5) is 16.4. The Labute approximate surface area is 141 Å². The van der Waals surface area contributed by atoms with E-state index in [1.165, 1.54) is 23.9 Å². The fourth-order valence-corrected chi connectivity index (χ4v) is 4.51. The number of halogens is 1. The first-order chi connectivity index (χ1) is 10.6. The second-order valence-electron chi connectivity index (χ2n) is 4.63. The second kappa shape index (κ2) is 6.32. The van der Waals surface area contributed by atoms with Crippen molar-refractivity contribution in [1.82, 2.24) is 4.90 Å². The third-order valence-corrected chi connectivity index (χ3v) is 5.68. The van der Waals surface area contributed by atoms with Crippen LogP contribution in [-0.4, -0.2) is 21.7 Å². The van der Waals surface area contributed by atoms with Gasteiger partial charge < -0.3 is 0 Å². The maximum atomic E-state index is 13.0. The highest BCUT2D eigenvalue weighted by Gasteiger charge is 2.30. The van der Waals surface area contributed by atoms with Crippen LogP contribution in [0.3, 0.4) is 0 Å². The third kappa shape index (κ3) is 2.99. The minimum Gasteiger partial charge on any atom is -0.293 e. The van der Waals surface area contributed by atoms with Crippen LogP contribution in [0.25, 0.3) is 16.5 Å². The summed E-state index contributed by atoms with van der Waals surface area (Å²) < 4.78 is 13.6. The van der Waals surface area contributed by atoms with Crippen LogP contribution in [0.1, 0.15) is 11.8 Å². The van der Waals surface area contributed by atoms with Crippen molar-refractivity contribution in [3.05, 3.63) is 52.0 Å². The number of amides is 1. The number of thiophene rings is 1. The Hall–Kier alpha value is -1.50. The first-order valence-electron chi connectivity index (χ1n) is 6.69. The van der Waals surface area contributed by atoms with Gasteiger partial charge >= 0.3 is 0 Å². The fourth-order valence-electron chi connectivity index (χ4n) is 2.10. The molecule has 0 bridgehead atoms. The Morgan fingerprint density at radius 3 is 2.59 bits per heavy atom. The molecule has 0 radical (unpaired) electrons. The quantitative estimate of drug-likeness (QED) is 0.588. The number of carbonyl (C=O) groups is 1. The summed E-state index contributed by atoms with van der Waals surface area (Å²) in [5, 5.41) is 0. The van der Waals surface area contributed by atoms with Gasteiger partial charge in [0.2, 0.25) is 0 Å². The summed E-state index contributed by atoms with van der Waals surface area (Å²) in [7, 11) is 0. The zero-order chi connectivity index (χ0) is 15.7. The molecule has 0 unspecified atom stereocenters. The molecule has 2 aromatic rings. The maximum Gasteiger partial charge on any atom is 0.266 e. The lowest BCUT2D eigenvalue weighted by molar-refractivity contribution is -0.121. The smallest absolute Gasteiger partial charge is 0.266 e. The first-order valence-corrected chi connectivity index (χ1v) is 8.73. The van der Waals surface area contributed by atoms with Crippen LogP contribution in [-0.2, 0) is 4.79 Å². The van der Waals surface area contributed by atoms with Crippen molar-refractivity contribution < 1.29 is 9.18 Å². The third-order valence-electron chi connectivity index (χ3n) is 3.22. The Morgan fingerprint density at radius 1 is 1.23 bits per heavy atom. The molecule has 1 fully saturated rings. The van der Waals surface area contributed by atoms with Gasteiger partial charge in [-0.25, -0.2) is 4.39 Å². The van der Waals surface area contributed by atoms with Gasteiger partial charge in [0.25, 0.3) is 5.91 Å². The lowest BCUT2D eigenvalue weighted by atomic mass is 10.2. The molecule has 1 aliphatic rings. The summed E-state index contributed by atoms with van der Waals surface area (Å²) in [5.74, 6) is -0.280. The van der Waals surface area contributed by atoms with Gasteiger partial charge in [-0.3, -0.25) is 9.69 Å². The van der Waals surface area contributed by atoms with Crippen LogP contribution in [0.4, 0.5) is 4.39 Å². The minimum atomic E-state index is -0.247. The predicted molar refractivity (Wildman–Crippen MR) is 95.3 cm³/mol. The van der Waals surface area contributed by atoms with Crippen LogP contribution in [0, 0.1) is 5.82 Å². The molecule has 6 heteroatoms. The number of thiocarbonyl (C=S) groups is 1. The molecule has 1 aromatic carbocycles. The summed E-state index contributed by atoms with van der Waals surface area (Å²) in [6, 6.07) is 10.3. The Balaban J connectivity index is 1.86. The summed E-state index contributed by atoms with van der Waals surface area (Å²) in [5.41, 5.74) is 0.965. The Morgan fingerprint density at radius 2 is 1.95 bits per heavy atom. The number of carbonyl (C=O) groups excluding carboxylic acids is 1. The SMILES string of the molecule is CCN1C(=O)/C(=C\c2ccc(-c3ccc(F)cc3)s2)SC1=S. The average Bonchev–Trinajstić information content (AvgIpc) is 3.06. The van der Waals surface area contributed by atoms with E-state index in [4.69, 9.17) is 12.2 Å². The van der Waals surface area contributed by atoms with Crippen molar-refractivity contribution in [3.63, 3.8) is 0 Å². The summed E-state index contributed by atoms with van der Waals surface area (Å²) in [6.45, 7) is 2.50. The summed E-state index contributed by atoms with van der Waals surface area (Å²) in [6.07, 6.45) is 1.87. The van der Waals surface area contributed by atoms with E-state index in [1.54, 1.807) is 28.4 Å². The van der Waals surface area contributed by atoms with Crippen LogP contribution >= 0.6 is 35.3 Å². The van der Waals surface area contributed by atoms with E-state index in [0.717, 1.165) is 15.3 Å². The van der Waals surface area contributed by atoms with Crippen LogP contribution < -0.4 is 0 Å². The zero-order valence-electron chi connectivity index (χ0n) is 11.7. The standard InChI is InChI=1S/C16H12FNOS3/c1-2-18-15(19)14(22-16(18)20)9-12-7-8-13(21-12)10-3-5-11(17)6-4-10/h3-9H,2H2,1H3/b14-9+. The van der Waals surface area contributed by atoms with Crippen LogP contribution in [0.2, 0.25) is 0 Å². The number of hydrogen-bond acceptors (Lipinski definition) is 4. The molecular weight excluding hydrogens is 337 g/mol. The molecule has 2 heterocycles. The zero-order valence-corrected chi connectivity index (χ0v) is 14.2. The molecule has 0 N–H and O–H groups in total. The summed E-state index contributed by atoms with van der Waals surface area (Å²) >= 11 is 8.10. The molecule has 0 saturated carbocycles. The van der Waals surface area contributed by atoms with E-state index in [2.05, 4.69) is 0 Å². The van der Waals surface area contributed by atoms with Gasteiger partial charge in [-0.15, -0.1) is 11.3 Å². The molecular formula is C16H12FNOS3. The molecule has 1 aliphatic heterocycles. The normalized spacial score (nSPS) is 16.8. The van der Waals surface area contributed by atoms with Crippen molar-refractivity contribution in [2.75, 3.05) is 6.54 Å². The van der Waals surface area contributed by atoms with E-state index >= 15 is 0 Å². The van der Waals surface area contributed by atoms with Crippen molar-refractivity contribution in [2.24, 2.45) is 0 Å². The van der Waals surface area contributed by atoms with E-state index < -0.39 is 0 Å². The lowest BCUT2D eigenvalue weighted by Crippen LogP contribution is -2.27. The molecule has 112 valence electrons. The number of benzene rings is 1. The van der Waals surface area contributed by atoms with Crippen molar-refractivity contribution in [3.8, 4) is 10.4 Å². The minimum absolute atomic E-state index is 0.0331. The fraction of sp³-hybridized carbons (Fsp3) is 0.125. The largest absolute Gasteiger partial charge is 0.293 e. The highest BCUT2D eigenvalue weighted by atomic mass is 32.2. The monoisotopic (exact) mass is 349 g/mol. The lowest BCUT2D eigenvalue weighted by Gasteiger charge is -2.09. The van der Waals surface area contributed by atoms with Gasteiger partial charge in [-0.2, -0.15) is 0 Å². The van der Waals surface area contributed by atoms with E-state index in [9.17, 15) is 9.18 Å². The van der Waals surface area contributed by atoms with Crippen LogP contribution in [0.15, 0.2) is 41.3 Å². The predicted octanol–water partition coefficient (Wildman–Crippen LogP) is 4.78. The first kappa shape index (κ1) is 15.4. The van der Waals surface area contributed by atoms with Gasteiger partial charge in [0, 0.05) is 16.3 Å². The number of hydrogen-bond donors (Lipinski definition) is 0.